The predicted octanol–water partition coefficient (Wildman–Crippen LogP) is 3.64. The molecule has 100 valence electrons. The Balaban J connectivity index is 2.64. The lowest BCUT2D eigenvalue weighted by atomic mass is 10.0. The molecule has 0 heterocycles. The molecule has 0 saturated carbocycles. The third kappa shape index (κ3) is 4.02. The lowest BCUT2D eigenvalue weighted by Gasteiger charge is -2.20. The fourth-order valence-electron chi connectivity index (χ4n) is 1.80. The average molecular weight is 268 g/mol. The molecule has 0 aliphatic rings. The minimum Gasteiger partial charge on any atom is -0.341 e. The SMILES string of the molecule is CC(CCl)C(=O)N(C)Cc1ccc(C(C)C)cc1. The van der Waals surface area contributed by atoms with Gasteiger partial charge in [-0.05, 0) is 17.0 Å². The molecule has 3 heteroatoms. The van der Waals surface area contributed by atoms with Gasteiger partial charge in [0.2, 0.25) is 5.91 Å². The van der Waals surface area contributed by atoms with Crippen molar-refractivity contribution in [3.05, 3.63) is 35.4 Å². The van der Waals surface area contributed by atoms with Gasteiger partial charge in [-0.2, -0.15) is 0 Å². The zero-order chi connectivity index (χ0) is 13.7. The van der Waals surface area contributed by atoms with Crippen molar-refractivity contribution in [2.75, 3.05) is 12.9 Å². The van der Waals surface area contributed by atoms with Gasteiger partial charge in [0, 0.05) is 25.4 Å². The second-order valence-corrected chi connectivity index (χ2v) is 5.45. The Kier molecular flexibility index (Phi) is 5.67. The average Bonchev–Trinajstić information content (AvgIpc) is 2.37. The molecule has 0 radical (unpaired) electrons. The van der Waals surface area contributed by atoms with Gasteiger partial charge >= 0.3 is 0 Å². The van der Waals surface area contributed by atoms with E-state index in [1.54, 1.807) is 4.90 Å². The van der Waals surface area contributed by atoms with E-state index in [9.17, 15) is 4.79 Å². The van der Waals surface area contributed by atoms with Crippen LogP contribution in [0.15, 0.2) is 24.3 Å². The first kappa shape index (κ1) is 15.0. The van der Waals surface area contributed by atoms with Crippen molar-refractivity contribution >= 4 is 17.5 Å². The third-order valence-corrected chi connectivity index (χ3v) is 3.56. The monoisotopic (exact) mass is 267 g/mol. The highest BCUT2D eigenvalue weighted by Gasteiger charge is 2.16. The van der Waals surface area contributed by atoms with Crippen molar-refractivity contribution in [3.63, 3.8) is 0 Å². The number of hydrogen-bond donors (Lipinski definition) is 0. The molecule has 2 nitrogen and oxygen atoms in total. The van der Waals surface area contributed by atoms with Crippen LogP contribution < -0.4 is 0 Å². The molecule has 1 rings (SSSR count). The van der Waals surface area contributed by atoms with Crippen LogP contribution in [-0.4, -0.2) is 23.7 Å². The summed E-state index contributed by atoms with van der Waals surface area (Å²) in [5, 5.41) is 0. The molecule has 0 bridgehead atoms. The zero-order valence-electron chi connectivity index (χ0n) is 11.6. The van der Waals surface area contributed by atoms with E-state index in [-0.39, 0.29) is 11.8 Å². The van der Waals surface area contributed by atoms with Gasteiger partial charge in [0.25, 0.3) is 0 Å². The quantitative estimate of drug-likeness (QED) is 0.746. The van der Waals surface area contributed by atoms with Crippen LogP contribution in [0, 0.1) is 5.92 Å². The molecule has 1 aromatic carbocycles. The van der Waals surface area contributed by atoms with E-state index < -0.39 is 0 Å². The highest BCUT2D eigenvalue weighted by Crippen LogP contribution is 2.16. The molecule has 1 aromatic rings. The molecule has 1 amide bonds. The first-order valence-electron chi connectivity index (χ1n) is 6.35. The molecule has 0 N–H and O–H groups in total. The molecule has 18 heavy (non-hydrogen) atoms. The number of nitrogens with zero attached hydrogens (tertiary/aromatic N) is 1. The van der Waals surface area contributed by atoms with Gasteiger partial charge in [-0.25, -0.2) is 0 Å². The Bertz CT molecular complexity index is 386. The number of halogens is 1. The molecule has 0 aliphatic heterocycles. The summed E-state index contributed by atoms with van der Waals surface area (Å²) in [6.45, 7) is 6.84. The summed E-state index contributed by atoms with van der Waals surface area (Å²) in [4.78, 5) is 13.6. The largest absolute Gasteiger partial charge is 0.341 e. The van der Waals surface area contributed by atoms with Crippen LogP contribution in [0.25, 0.3) is 0 Å². The zero-order valence-corrected chi connectivity index (χ0v) is 12.4. The van der Waals surface area contributed by atoms with Crippen LogP contribution >= 0.6 is 11.6 Å². The van der Waals surface area contributed by atoms with Gasteiger partial charge in [-0.15, -0.1) is 11.6 Å². The number of benzene rings is 1. The number of amides is 1. The summed E-state index contributed by atoms with van der Waals surface area (Å²) in [5.74, 6) is 0.884. The Morgan fingerprint density at radius 1 is 1.22 bits per heavy atom. The van der Waals surface area contributed by atoms with Crippen LogP contribution in [-0.2, 0) is 11.3 Å². The second kappa shape index (κ2) is 6.79. The van der Waals surface area contributed by atoms with Crippen molar-refractivity contribution in [3.8, 4) is 0 Å². The number of carbonyl (C=O) groups excluding carboxylic acids is 1. The second-order valence-electron chi connectivity index (χ2n) is 5.15. The summed E-state index contributed by atoms with van der Waals surface area (Å²) < 4.78 is 0. The van der Waals surface area contributed by atoms with Crippen molar-refractivity contribution in [2.45, 2.75) is 33.2 Å². The summed E-state index contributed by atoms with van der Waals surface area (Å²) in [5.41, 5.74) is 2.47. The molecular formula is C15H22ClNO. The molecule has 1 unspecified atom stereocenters. The van der Waals surface area contributed by atoms with E-state index in [2.05, 4.69) is 38.1 Å². The Hall–Kier alpha value is -1.02. The highest BCUT2D eigenvalue weighted by atomic mass is 35.5. The summed E-state index contributed by atoms with van der Waals surface area (Å²) in [6.07, 6.45) is 0. The summed E-state index contributed by atoms with van der Waals surface area (Å²) in [6, 6.07) is 8.43. The first-order chi connectivity index (χ1) is 8.45. The fourth-order valence-corrected chi connectivity index (χ4v) is 1.93. The Labute approximate surface area is 115 Å². The maximum absolute atomic E-state index is 11.9. The van der Waals surface area contributed by atoms with Gasteiger partial charge in [0.05, 0.1) is 0 Å². The lowest BCUT2D eigenvalue weighted by molar-refractivity contribution is -0.133. The predicted molar refractivity (Wildman–Crippen MR) is 76.9 cm³/mol. The fraction of sp³-hybridized carbons (Fsp3) is 0.533. The molecule has 0 fully saturated rings. The minimum absolute atomic E-state index is 0.0953. The standard InChI is InChI=1S/C15H22ClNO/c1-11(2)14-7-5-13(6-8-14)10-17(4)15(18)12(3)9-16/h5-8,11-12H,9-10H2,1-4H3. The smallest absolute Gasteiger partial charge is 0.226 e. The minimum atomic E-state index is -0.119. The van der Waals surface area contributed by atoms with Crippen LogP contribution in [0.3, 0.4) is 0 Å². The van der Waals surface area contributed by atoms with Crippen LogP contribution in [0.1, 0.15) is 37.8 Å². The number of carbonyl (C=O) groups is 1. The molecule has 0 aliphatic carbocycles. The van der Waals surface area contributed by atoms with E-state index >= 15 is 0 Å². The molecular weight excluding hydrogens is 246 g/mol. The van der Waals surface area contributed by atoms with E-state index in [4.69, 9.17) is 11.6 Å². The van der Waals surface area contributed by atoms with Gasteiger partial charge in [-0.1, -0.05) is 45.0 Å². The van der Waals surface area contributed by atoms with Crippen molar-refractivity contribution in [1.82, 2.24) is 4.90 Å². The van der Waals surface area contributed by atoms with E-state index in [1.807, 2.05) is 14.0 Å². The van der Waals surface area contributed by atoms with Gasteiger partial charge in [0.15, 0.2) is 0 Å². The van der Waals surface area contributed by atoms with Crippen LogP contribution in [0.5, 0.6) is 0 Å². The molecule has 0 spiro atoms. The first-order valence-corrected chi connectivity index (χ1v) is 6.89. The van der Waals surface area contributed by atoms with E-state index in [1.165, 1.54) is 5.56 Å². The van der Waals surface area contributed by atoms with Crippen LogP contribution in [0.4, 0.5) is 0 Å². The van der Waals surface area contributed by atoms with Crippen molar-refractivity contribution in [1.29, 1.82) is 0 Å². The van der Waals surface area contributed by atoms with Gasteiger partial charge in [-0.3, -0.25) is 4.79 Å². The highest BCUT2D eigenvalue weighted by molar-refractivity contribution is 6.19. The van der Waals surface area contributed by atoms with Gasteiger partial charge < -0.3 is 4.90 Å². The maximum atomic E-state index is 11.9. The summed E-state index contributed by atoms with van der Waals surface area (Å²) in [7, 11) is 1.82. The van der Waals surface area contributed by atoms with Crippen molar-refractivity contribution in [2.24, 2.45) is 5.92 Å². The van der Waals surface area contributed by atoms with Gasteiger partial charge in [0.1, 0.15) is 0 Å². The molecule has 1 atom stereocenters. The number of alkyl halides is 1. The molecule has 0 saturated heterocycles. The molecule has 0 aromatic heterocycles. The van der Waals surface area contributed by atoms with E-state index in [0.29, 0.717) is 18.3 Å². The topological polar surface area (TPSA) is 20.3 Å². The van der Waals surface area contributed by atoms with E-state index in [0.717, 1.165) is 5.56 Å². The Morgan fingerprint density at radius 3 is 2.22 bits per heavy atom. The number of hydrogen-bond acceptors (Lipinski definition) is 1. The maximum Gasteiger partial charge on any atom is 0.226 e. The van der Waals surface area contributed by atoms with Crippen LogP contribution in [0.2, 0.25) is 0 Å². The lowest BCUT2D eigenvalue weighted by Crippen LogP contribution is -2.31. The Morgan fingerprint density at radius 2 is 1.78 bits per heavy atom. The normalized spacial score (nSPS) is 12.6. The van der Waals surface area contributed by atoms with Crippen molar-refractivity contribution < 1.29 is 4.79 Å². The number of rotatable bonds is 5. The third-order valence-electron chi connectivity index (χ3n) is 3.10. The summed E-state index contributed by atoms with van der Waals surface area (Å²) >= 11 is 5.70.